The molecular weight excluding hydrogens is 256 g/mol. The lowest BCUT2D eigenvalue weighted by molar-refractivity contribution is 0.427. The highest BCUT2D eigenvalue weighted by molar-refractivity contribution is 9.10. The third-order valence-electron chi connectivity index (χ3n) is 2.02. The van der Waals surface area contributed by atoms with Crippen molar-refractivity contribution >= 4 is 15.9 Å². The van der Waals surface area contributed by atoms with E-state index < -0.39 is 0 Å². The predicted molar refractivity (Wildman–Crippen MR) is 60.6 cm³/mol. The van der Waals surface area contributed by atoms with E-state index in [1.807, 2.05) is 30.3 Å². The summed E-state index contributed by atoms with van der Waals surface area (Å²) < 4.78 is 0.809. The molecule has 0 fully saturated rings. The maximum atomic E-state index is 9.17. The van der Waals surface area contributed by atoms with Gasteiger partial charge in [0, 0.05) is 12.6 Å². The second-order valence-electron chi connectivity index (χ2n) is 3.13. The highest BCUT2D eigenvalue weighted by Gasteiger charge is 2.04. The van der Waals surface area contributed by atoms with Crippen molar-refractivity contribution in [3.05, 3.63) is 52.3 Å². The van der Waals surface area contributed by atoms with Crippen LogP contribution >= 0.6 is 15.9 Å². The Morgan fingerprint density at radius 3 is 2.67 bits per heavy atom. The van der Waals surface area contributed by atoms with Gasteiger partial charge < -0.3 is 5.11 Å². The normalized spacial score (nSPS) is 10.2. The Bertz CT molecular complexity index is 459. The molecule has 0 aliphatic rings. The molecule has 1 heterocycles. The lowest BCUT2D eigenvalue weighted by Gasteiger charge is -2.03. The molecule has 0 saturated heterocycles. The van der Waals surface area contributed by atoms with E-state index in [0.717, 1.165) is 15.7 Å². The zero-order chi connectivity index (χ0) is 10.7. The molecule has 3 nitrogen and oxygen atoms in total. The Balaban J connectivity index is 2.28. The van der Waals surface area contributed by atoms with Crippen LogP contribution in [0, 0.1) is 0 Å². The van der Waals surface area contributed by atoms with Crippen LogP contribution in [-0.2, 0) is 6.42 Å². The predicted octanol–water partition coefficient (Wildman–Crippen LogP) is 2.54. The summed E-state index contributed by atoms with van der Waals surface area (Å²) in [6.45, 7) is 0. The maximum Gasteiger partial charge on any atom is 0.314 e. The number of aromatic hydroxyl groups is 1. The minimum Gasteiger partial charge on any atom is -0.479 e. The summed E-state index contributed by atoms with van der Waals surface area (Å²) in [5.41, 5.74) is 1.94. The number of halogens is 1. The van der Waals surface area contributed by atoms with Crippen molar-refractivity contribution in [2.24, 2.45) is 0 Å². The zero-order valence-electron chi connectivity index (χ0n) is 7.89. The maximum absolute atomic E-state index is 9.17. The molecule has 1 N–H and O–H groups in total. The molecule has 0 spiro atoms. The first-order chi connectivity index (χ1) is 7.25. The summed E-state index contributed by atoms with van der Waals surface area (Å²) in [7, 11) is 0. The van der Waals surface area contributed by atoms with Crippen molar-refractivity contribution < 1.29 is 5.11 Å². The molecule has 0 atom stereocenters. The van der Waals surface area contributed by atoms with Gasteiger partial charge in [-0.15, -0.1) is 0 Å². The van der Waals surface area contributed by atoms with Gasteiger partial charge in [0.25, 0.3) is 0 Å². The molecule has 2 rings (SSSR count). The van der Waals surface area contributed by atoms with E-state index in [1.54, 1.807) is 6.20 Å². The van der Waals surface area contributed by atoms with E-state index in [2.05, 4.69) is 25.9 Å². The Kier molecular flexibility index (Phi) is 2.97. The summed E-state index contributed by atoms with van der Waals surface area (Å²) in [4.78, 5) is 7.64. The average Bonchev–Trinajstić information content (AvgIpc) is 2.25. The molecule has 1 aromatic carbocycles. The van der Waals surface area contributed by atoms with Gasteiger partial charge in [-0.2, -0.15) is 4.98 Å². The van der Waals surface area contributed by atoms with Crippen molar-refractivity contribution in [3.63, 3.8) is 0 Å². The van der Waals surface area contributed by atoms with Crippen molar-refractivity contribution in [1.29, 1.82) is 0 Å². The van der Waals surface area contributed by atoms with Gasteiger partial charge in [-0.25, -0.2) is 4.98 Å². The van der Waals surface area contributed by atoms with Gasteiger partial charge in [0.2, 0.25) is 0 Å². The molecule has 2 aromatic rings. The number of aromatic nitrogens is 2. The van der Waals surface area contributed by atoms with Crippen molar-refractivity contribution in [2.75, 3.05) is 0 Å². The van der Waals surface area contributed by atoms with Crippen molar-refractivity contribution in [3.8, 4) is 6.01 Å². The molecule has 0 unspecified atom stereocenters. The van der Waals surface area contributed by atoms with E-state index in [4.69, 9.17) is 0 Å². The van der Waals surface area contributed by atoms with Gasteiger partial charge in [-0.05, 0) is 21.5 Å². The fourth-order valence-electron chi connectivity index (χ4n) is 1.31. The van der Waals surface area contributed by atoms with Gasteiger partial charge in [0.05, 0.1) is 10.2 Å². The molecule has 0 bridgehead atoms. The fraction of sp³-hybridized carbons (Fsp3) is 0.0909. The number of rotatable bonds is 2. The van der Waals surface area contributed by atoms with Gasteiger partial charge in [0.15, 0.2) is 0 Å². The largest absolute Gasteiger partial charge is 0.479 e. The monoisotopic (exact) mass is 264 g/mol. The van der Waals surface area contributed by atoms with Crippen LogP contribution in [0.1, 0.15) is 11.3 Å². The molecule has 0 aliphatic carbocycles. The first kappa shape index (κ1) is 10.1. The van der Waals surface area contributed by atoms with E-state index in [9.17, 15) is 5.11 Å². The number of hydrogen-bond donors (Lipinski definition) is 1. The lowest BCUT2D eigenvalue weighted by atomic mass is 10.1. The number of hydrogen-bond acceptors (Lipinski definition) is 3. The van der Waals surface area contributed by atoms with Crippen LogP contribution in [0.3, 0.4) is 0 Å². The van der Waals surface area contributed by atoms with Crippen LogP contribution in [0.15, 0.2) is 41.0 Å². The third kappa shape index (κ3) is 2.53. The summed E-state index contributed by atoms with van der Waals surface area (Å²) in [5, 5.41) is 9.17. The summed E-state index contributed by atoms with van der Waals surface area (Å²) in [5.74, 6) is 0. The molecule has 0 aliphatic heterocycles. The Hall–Kier alpha value is -1.42. The highest BCUT2D eigenvalue weighted by Crippen LogP contribution is 2.18. The average molecular weight is 265 g/mol. The molecule has 1 aromatic heterocycles. The number of benzene rings is 1. The first-order valence-corrected chi connectivity index (χ1v) is 5.29. The molecular formula is C11H9BrN2O. The van der Waals surface area contributed by atoms with Crippen molar-refractivity contribution in [2.45, 2.75) is 6.42 Å². The topological polar surface area (TPSA) is 46.0 Å². The van der Waals surface area contributed by atoms with Crippen LogP contribution in [0.2, 0.25) is 0 Å². The number of nitrogens with zero attached hydrogens (tertiary/aromatic N) is 2. The molecule has 4 heteroatoms. The van der Waals surface area contributed by atoms with Crippen molar-refractivity contribution in [1.82, 2.24) is 9.97 Å². The summed E-state index contributed by atoms with van der Waals surface area (Å²) >= 11 is 3.35. The quantitative estimate of drug-likeness (QED) is 0.907. The van der Waals surface area contributed by atoms with E-state index in [-0.39, 0.29) is 6.01 Å². The van der Waals surface area contributed by atoms with E-state index in [1.165, 1.54) is 0 Å². The van der Waals surface area contributed by atoms with Gasteiger partial charge in [-0.3, -0.25) is 0 Å². The minimum atomic E-state index is -0.191. The van der Waals surface area contributed by atoms with Crippen LogP contribution in [0.5, 0.6) is 6.01 Å². The molecule has 15 heavy (non-hydrogen) atoms. The second-order valence-corrected chi connectivity index (χ2v) is 3.98. The molecule has 76 valence electrons. The Morgan fingerprint density at radius 1 is 1.20 bits per heavy atom. The summed E-state index contributed by atoms with van der Waals surface area (Å²) in [6.07, 6.45) is 2.23. The molecule has 0 amide bonds. The fourth-order valence-corrected chi connectivity index (χ4v) is 1.64. The van der Waals surface area contributed by atoms with Gasteiger partial charge in [-0.1, -0.05) is 30.3 Å². The minimum absolute atomic E-state index is 0.191. The zero-order valence-corrected chi connectivity index (χ0v) is 9.48. The van der Waals surface area contributed by atoms with E-state index >= 15 is 0 Å². The Labute approximate surface area is 96.0 Å². The van der Waals surface area contributed by atoms with E-state index in [0.29, 0.717) is 6.42 Å². The molecule has 0 saturated carbocycles. The van der Waals surface area contributed by atoms with Crippen LogP contribution in [-0.4, -0.2) is 15.1 Å². The van der Waals surface area contributed by atoms with Gasteiger partial charge in [0.1, 0.15) is 0 Å². The SMILES string of the molecule is Oc1ncc(Br)c(Cc2ccccc2)n1. The smallest absolute Gasteiger partial charge is 0.314 e. The second kappa shape index (κ2) is 4.40. The standard InChI is InChI=1S/C11H9BrN2O/c12-9-7-13-11(15)14-10(9)6-8-4-2-1-3-5-8/h1-5,7H,6H2,(H,13,14,15). The lowest BCUT2D eigenvalue weighted by Crippen LogP contribution is -1.95. The van der Waals surface area contributed by atoms with Crippen LogP contribution in [0.4, 0.5) is 0 Å². The Morgan fingerprint density at radius 2 is 1.93 bits per heavy atom. The third-order valence-corrected chi connectivity index (χ3v) is 2.68. The van der Waals surface area contributed by atoms with Gasteiger partial charge >= 0.3 is 6.01 Å². The van der Waals surface area contributed by atoms with Crippen LogP contribution in [0.25, 0.3) is 0 Å². The highest BCUT2D eigenvalue weighted by atomic mass is 79.9. The summed E-state index contributed by atoms with van der Waals surface area (Å²) in [6, 6.07) is 9.77. The molecule has 0 radical (unpaired) electrons. The van der Waals surface area contributed by atoms with Crippen LogP contribution < -0.4 is 0 Å². The first-order valence-electron chi connectivity index (χ1n) is 4.50.